The fourth-order valence-electron chi connectivity index (χ4n) is 2.10. The highest BCUT2D eigenvalue weighted by Gasteiger charge is 2.25. The molecule has 0 amide bonds. The normalized spacial score (nSPS) is 27.6. The molecule has 1 rings (SSSR count). The van der Waals surface area contributed by atoms with Crippen LogP contribution in [0.2, 0.25) is 0 Å². The van der Waals surface area contributed by atoms with Crippen molar-refractivity contribution in [3.63, 3.8) is 0 Å². The molecule has 1 unspecified atom stereocenters. The van der Waals surface area contributed by atoms with E-state index in [9.17, 15) is 9.59 Å². The van der Waals surface area contributed by atoms with E-state index < -0.39 is 18.0 Å². The van der Waals surface area contributed by atoms with E-state index in [1.165, 1.54) is 0 Å². The Labute approximate surface area is 114 Å². The van der Waals surface area contributed by atoms with Crippen LogP contribution >= 0.6 is 0 Å². The van der Waals surface area contributed by atoms with Crippen LogP contribution in [0.1, 0.15) is 53.4 Å². The van der Waals surface area contributed by atoms with Gasteiger partial charge in [0.25, 0.3) is 0 Å². The molecule has 0 aromatic carbocycles. The van der Waals surface area contributed by atoms with Crippen molar-refractivity contribution >= 4 is 11.9 Å². The minimum atomic E-state index is -0.426. The van der Waals surface area contributed by atoms with E-state index in [0.717, 1.165) is 12.8 Å². The number of cyclic esters (lactones) is 2. The van der Waals surface area contributed by atoms with Gasteiger partial charge >= 0.3 is 11.9 Å². The summed E-state index contributed by atoms with van der Waals surface area (Å²) in [6.45, 7) is 7.38. The van der Waals surface area contributed by atoms with E-state index in [0.29, 0.717) is 29.7 Å². The number of rotatable bonds is 4. The first-order chi connectivity index (χ1) is 8.99. The van der Waals surface area contributed by atoms with Gasteiger partial charge in [-0.15, -0.1) is 0 Å². The third kappa shape index (κ3) is 4.23. The summed E-state index contributed by atoms with van der Waals surface area (Å²) in [4.78, 5) is 24.3. The van der Waals surface area contributed by atoms with Crippen LogP contribution in [0.25, 0.3) is 0 Å². The molecule has 0 aromatic rings. The van der Waals surface area contributed by atoms with Crippen molar-refractivity contribution in [3.05, 3.63) is 23.0 Å². The van der Waals surface area contributed by atoms with E-state index in [4.69, 9.17) is 9.47 Å². The molecule has 0 spiro atoms. The molecule has 106 valence electrons. The summed E-state index contributed by atoms with van der Waals surface area (Å²) < 4.78 is 10.6. The van der Waals surface area contributed by atoms with Crippen LogP contribution < -0.4 is 0 Å². The topological polar surface area (TPSA) is 52.6 Å². The van der Waals surface area contributed by atoms with Gasteiger partial charge in [0, 0.05) is 11.1 Å². The number of hydrogen-bond donors (Lipinski definition) is 0. The van der Waals surface area contributed by atoms with Crippen LogP contribution in [0, 0.1) is 0 Å². The third-order valence-corrected chi connectivity index (χ3v) is 2.87. The molecule has 4 heteroatoms. The molecule has 1 heterocycles. The molecular formula is C15H22O4. The molecule has 0 fully saturated rings. The molecule has 1 atom stereocenters. The average molecular weight is 266 g/mol. The Bertz CT molecular complexity index is 418. The van der Waals surface area contributed by atoms with Crippen molar-refractivity contribution in [2.24, 2.45) is 0 Å². The van der Waals surface area contributed by atoms with E-state index in [-0.39, 0.29) is 0 Å². The number of carbonyl (C=O) groups excluding carboxylic acids is 2. The lowest BCUT2D eigenvalue weighted by Crippen LogP contribution is -2.17. The number of esters is 2. The van der Waals surface area contributed by atoms with Crippen LogP contribution in [-0.4, -0.2) is 18.0 Å². The summed E-state index contributed by atoms with van der Waals surface area (Å²) in [6, 6.07) is 0. The van der Waals surface area contributed by atoms with E-state index in [2.05, 4.69) is 0 Å². The monoisotopic (exact) mass is 266 g/mol. The smallest absolute Gasteiger partial charge is 0.339 e. The Balaban J connectivity index is 3.23. The molecule has 0 bridgehead atoms. The summed E-state index contributed by atoms with van der Waals surface area (Å²) in [5.74, 6) is -0.359. The first-order valence-corrected chi connectivity index (χ1v) is 6.83. The Morgan fingerprint density at radius 1 is 1.05 bits per heavy atom. The Morgan fingerprint density at radius 2 is 1.58 bits per heavy atom. The summed E-state index contributed by atoms with van der Waals surface area (Å²) in [6.07, 6.45) is 3.87. The van der Waals surface area contributed by atoms with Crippen LogP contribution in [0.4, 0.5) is 0 Å². The molecule has 0 N–H and O–H groups in total. The van der Waals surface area contributed by atoms with E-state index in [1.807, 2.05) is 13.8 Å². The second-order valence-electron chi connectivity index (χ2n) is 4.73. The zero-order valence-electron chi connectivity index (χ0n) is 12.1. The molecule has 0 aliphatic carbocycles. The molecule has 0 saturated carbocycles. The number of allylic oxidation sites excluding steroid dienone is 1. The van der Waals surface area contributed by atoms with Gasteiger partial charge in [0.1, 0.15) is 11.9 Å². The third-order valence-electron chi connectivity index (χ3n) is 2.87. The molecule has 4 nitrogen and oxygen atoms in total. The van der Waals surface area contributed by atoms with E-state index in [1.54, 1.807) is 19.9 Å². The summed E-state index contributed by atoms with van der Waals surface area (Å²) in [5.41, 5.74) is 0.917. The highest BCUT2D eigenvalue weighted by Crippen LogP contribution is 2.23. The Morgan fingerprint density at radius 3 is 2.11 bits per heavy atom. The quantitative estimate of drug-likeness (QED) is 0.733. The minimum absolute atomic E-state index is 0.395. The highest BCUT2D eigenvalue weighted by atomic mass is 16.6. The largest absolute Gasteiger partial charge is 0.455 e. The van der Waals surface area contributed by atoms with E-state index >= 15 is 0 Å². The van der Waals surface area contributed by atoms with Gasteiger partial charge in [0.15, 0.2) is 0 Å². The summed E-state index contributed by atoms with van der Waals surface area (Å²) in [7, 11) is 0. The van der Waals surface area contributed by atoms with Crippen LogP contribution in [-0.2, 0) is 19.1 Å². The number of carbonyl (C=O) groups is 2. The molecule has 19 heavy (non-hydrogen) atoms. The molecule has 1 aliphatic rings. The fraction of sp³-hybridized carbons (Fsp3) is 0.600. The van der Waals surface area contributed by atoms with Gasteiger partial charge in [-0.2, -0.15) is 0 Å². The fourth-order valence-corrected chi connectivity index (χ4v) is 2.10. The van der Waals surface area contributed by atoms with Gasteiger partial charge in [-0.1, -0.05) is 26.7 Å². The second-order valence-corrected chi connectivity index (χ2v) is 4.73. The zero-order valence-corrected chi connectivity index (χ0v) is 12.1. The second kappa shape index (κ2) is 7.12. The summed E-state index contributed by atoms with van der Waals surface area (Å²) in [5, 5.41) is 0. The van der Waals surface area contributed by atoms with Crippen molar-refractivity contribution in [3.8, 4) is 0 Å². The number of ether oxygens (including phenoxy) is 2. The predicted molar refractivity (Wildman–Crippen MR) is 72.2 cm³/mol. The lowest BCUT2D eigenvalue weighted by molar-refractivity contribution is -0.142. The van der Waals surface area contributed by atoms with Crippen molar-refractivity contribution in [2.75, 3.05) is 0 Å². The van der Waals surface area contributed by atoms with Crippen LogP contribution in [0.3, 0.4) is 0 Å². The van der Waals surface area contributed by atoms with Crippen LogP contribution in [0.15, 0.2) is 23.0 Å². The van der Waals surface area contributed by atoms with Crippen molar-refractivity contribution in [2.45, 2.75) is 59.5 Å². The molecule has 1 aliphatic heterocycles. The standard InChI is InChI=1S/C15H22O4/c1-5-7-12-13(8-6-2)15(17)19-11(4)9-10(3)18-14(12)16/h9-10H,5-8H2,1-4H3/b11-9-,13-12-. The maximum absolute atomic E-state index is 12.1. The average Bonchev–Trinajstić information content (AvgIpc) is 2.34. The van der Waals surface area contributed by atoms with Gasteiger partial charge < -0.3 is 9.47 Å². The van der Waals surface area contributed by atoms with Gasteiger partial charge in [0.05, 0.1) is 0 Å². The highest BCUT2D eigenvalue weighted by molar-refractivity contribution is 6.00. The van der Waals surface area contributed by atoms with Crippen molar-refractivity contribution in [1.29, 1.82) is 0 Å². The molecular weight excluding hydrogens is 244 g/mol. The van der Waals surface area contributed by atoms with Gasteiger partial charge in [-0.25, -0.2) is 9.59 Å². The van der Waals surface area contributed by atoms with Crippen molar-refractivity contribution in [1.82, 2.24) is 0 Å². The minimum Gasteiger partial charge on any atom is -0.455 e. The predicted octanol–water partition coefficient (Wildman–Crippen LogP) is 3.28. The Hall–Kier alpha value is -1.58. The van der Waals surface area contributed by atoms with Gasteiger partial charge in [0.2, 0.25) is 0 Å². The molecule has 0 saturated heterocycles. The molecule has 0 aromatic heterocycles. The maximum Gasteiger partial charge on any atom is 0.339 e. The SMILES string of the molecule is CCC/C1=C(\CCC)C(=O)OC(C)/C=C(/C)OC1=O. The lowest BCUT2D eigenvalue weighted by atomic mass is 10.00. The zero-order chi connectivity index (χ0) is 14.4. The van der Waals surface area contributed by atoms with Crippen molar-refractivity contribution < 1.29 is 19.1 Å². The Kier molecular flexibility index (Phi) is 5.80. The first kappa shape index (κ1) is 15.5. The lowest BCUT2D eigenvalue weighted by Gasteiger charge is -2.12. The maximum atomic E-state index is 12.1. The van der Waals surface area contributed by atoms with Gasteiger partial charge in [-0.3, -0.25) is 0 Å². The number of hydrogen-bond acceptors (Lipinski definition) is 4. The van der Waals surface area contributed by atoms with Crippen LogP contribution in [0.5, 0.6) is 0 Å². The summed E-state index contributed by atoms with van der Waals surface area (Å²) >= 11 is 0. The first-order valence-electron chi connectivity index (χ1n) is 6.83. The van der Waals surface area contributed by atoms with Gasteiger partial charge in [-0.05, 0) is 32.8 Å². The molecule has 0 radical (unpaired) electrons.